The predicted molar refractivity (Wildman–Crippen MR) is 84.1 cm³/mol. The van der Waals surface area contributed by atoms with E-state index in [9.17, 15) is 14.4 Å². The van der Waals surface area contributed by atoms with Gasteiger partial charge in [0.1, 0.15) is 24.0 Å². The number of ether oxygens (including phenoxy) is 2. The Labute approximate surface area is 140 Å². The van der Waals surface area contributed by atoms with Crippen LogP contribution in [0.15, 0.2) is 35.5 Å². The number of hydrogen-bond donors (Lipinski definition) is 0. The molecule has 0 saturated carbocycles. The summed E-state index contributed by atoms with van der Waals surface area (Å²) in [6, 6.07) is 1.24. The zero-order valence-electron chi connectivity index (χ0n) is 14.0. The Kier molecular flexibility index (Phi) is 5.11. The van der Waals surface area contributed by atoms with E-state index in [0.717, 1.165) is 4.90 Å². The van der Waals surface area contributed by atoms with Gasteiger partial charge in [-0.05, 0) is 32.9 Å². The molecule has 1 aromatic heterocycles. The summed E-state index contributed by atoms with van der Waals surface area (Å²) in [6.07, 6.45) is 2.02. The molecule has 1 fully saturated rings. The molecule has 1 saturated heterocycles. The van der Waals surface area contributed by atoms with Crippen molar-refractivity contribution < 1.29 is 28.3 Å². The van der Waals surface area contributed by atoms with Gasteiger partial charge in [-0.1, -0.05) is 12.7 Å². The molecule has 1 aliphatic rings. The second-order valence-corrected chi connectivity index (χ2v) is 6.41. The molecule has 0 aliphatic carbocycles. The van der Waals surface area contributed by atoms with Crippen molar-refractivity contribution in [2.24, 2.45) is 0 Å². The molecule has 1 unspecified atom stereocenters. The normalized spacial score (nSPS) is 20.8. The Morgan fingerprint density at radius 2 is 2.17 bits per heavy atom. The summed E-state index contributed by atoms with van der Waals surface area (Å²) in [5, 5.41) is 0. The summed E-state index contributed by atoms with van der Waals surface area (Å²) >= 11 is 0. The quantitative estimate of drug-likeness (QED) is 0.478. The maximum atomic E-state index is 12.6. The van der Waals surface area contributed by atoms with Crippen LogP contribution in [-0.4, -0.2) is 41.0 Å². The van der Waals surface area contributed by atoms with Gasteiger partial charge in [-0.2, -0.15) is 0 Å². The molecule has 130 valence electrons. The van der Waals surface area contributed by atoms with Gasteiger partial charge in [-0.15, -0.1) is 0 Å². The predicted octanol–water partition coefficient (Wildman–Crippen LogP) is 2.63. The fourth-order valence-electron chi connectivity index (χ4n) is 2.47. The highest BCUT2D eigenvalue weighted by molar-refractivity contribution is 6.07. The maximum Gasteiger partial charge on any atom is 0.412 e. The van der Waals surface area contributed by atoms with Gasteiger partial charge in [0.25, 0.3) is 0 Å². The summed E-state index contributed by atoms with van der Waals surface area (Å²) in [5.41, 5.74) is -0.772. The molecule has 0 aromatic carbocycles. The van der Waals surface area contributed by atoms with Crippen molar-refractivity contribution in [1.82, 2.24) is 4.90 Å². The van der Waals surface area contributed by atoms with Crippen molar-refractivity contribution in [3.8, 4) is 0 Å². The number of esters is 1. The number of furan rings is 1. The molecule has 2 atom stereocenters. The average Bonchev–Trinajstić information content (AvgIpc) is 3.09. The molecule has 0 radical (unpaired) electrons. The fourth-order valence-corrected chi connectivity index (χ4v) is 2.47. The largest absolute Gasteiger partial charge is 0.467 e. The number of carbonyl (C=O) groups is 3. The minimum absolute atomic E-state index is 0.0411. The van der Waals surface area contributed by atoms with Crippen LogP contribution in [-0.2, 0) is 19.1 Å². The van der Waals surface area contributed by atoms with Crippen molar-refractivity contribution in [3.63, 3.8) is 0 Å². The summed E-state index contributed by atoms with van der Waals surface area (Å²) in [5.74, 6) is -0.815. The third-order valence-corrected chi connectivity index (χ3v) is 3.36. The summed E-state index contributed by atoms with van der Waals surface area (Å²) in [4.78, 5) is 38.3. The third kappa shape index (κ3) is 3.84. The van der Waals surface area contributed by atoms with Gasteiger partial charge in [0.15, 0.2) is 11.8 Å². The van der Waals surface area contributed by atoms with Gasteiger partial charge in [0, 0.05) is 6.42 Å². The second-order valence-electron chi connectivity index (χ2n) is 6.41. The first-order chi connectivity index (χ1) is 11.2. The topological polar surface area (TPSA) is 86.1 Å². The molecule has 1 aromatic rings. The molecular weight excluding hydrogens is 314 g/mol. The highest BCUT2D eigenvalue weighted by Gasteiger charge is 2.50. The number of likely N-dealkylation sites (tertiary alicyclic amines) is 1. The molecule has 1 aliphatic heterocycles. The van der Waals surface area contributed by atoms with Crippen LogP contribution in [0.1, 0.15) is 39.0 Å². The monoisotopic (exact) mass is 335 g/mol. The summed E-state index contributed by atoms with van der Waals surface area (Å²) in [6.45, 7) is 8.52. The van der Waals surface area contributed by atoms with Crippen LogP contribution in [0.5, 0.6) is 0 Å². The Balaban J connectivity index is 2.33. The van der Waals surface area contributed by atoms with Crippen LogP contribution >= 0.6 is 0 Å². The second kappa shape index (κ2) is 6.90. The molecule has 0 spiro atoms. The zero-order chi connectivity index (χ0) is 17.9. The van der Waals surface area contributed by atoms with Gasteiger partial charge in [-0.25, -0.2) is 9.59 Å². The van der Waals surface area contributed by atoms with Crippen molar-refractivity contribution in [2.75, 3.05) is 6.61 Å². The van der Waals surface area contributed by atoms with Gasteiger partial charge in [0.2, 0.25) is 0 Å². The smallest absolute Gasteiger partial charge is 0.412 e. The van der Waals surface area contributed by atoms with Gasteiger partial charge in [0.05, 0.1) is 6.26 Å². The highest BCUT2D eigenvalue weighted by Crippen LogP contribution is 2.36. The van der Waals surface area contributed by atoms with Crippen LogP contribution in [0.3, 0.4) is 0 Å². The first kappa shape index (κ1) is 17.8. The highest BCUT2D eigenvalue weighted by atomic mass is 16.6. The SMILES string of the molecule is C=CCOC(=O)C1C(=O)C[C@H](c2ccco2)N1C(=O)OC(C)(C)C. The van der Waals surface area contributed by atoms with E-state index in [-0.39, 0.29) is 13.0 Å². The summed E-state index contributed by atoms with van der Waals surface area (Å²) in [7, 11) is 0. The number of nitrogens with zero attached hydrogens (tertiary/aromatic N) is 1. The van der Waals surface area contributed by atoms with E-state index >= 15 is 0 Å². The lowest BCUT2D eigenvalue weighted by Crippen LogP contribution is -2.47. The van der Waals surface area contributed by atoms with Crippen LogP contribution < -0.4 is 0 Å². The van der Waals surface area contributed by atoms with E-state index in [0.29, 0.717) is 5.76 Å². The fraction of sp³-hybridized carbons (Fsp3) is 0.471. The van der Waals surface area contributed by atoms with Crippen LogP contribution in [0.25, 0.3) is 0 Å². The molecule has 24 heavy (non-hydrogen) atoms. The molecule has 1 amide bonds. The van der Waals surface area contributed by atoms with Crippen molar-refractivity contribution in [3.05, 3.63) is 36.8 Å². The van der Waals surface area contributed by atoms with Gasteiger partial charge >= 0.3 is 12.1 Å². The first-order valence-electron chi connectivity index (χ1n) is 7.59. The van der Waals surface area contributed by atoms with Gasteiger partial charge in [-0.3, -0.25) is 9.69 Å². The Hall–Kier alpha value is -2.57. The minimum atomic E-state index is -1.35. The van der Waals surface area contributed by atoms with E-state index in [1.807, 2.05) is 0 Å². The Morgan fingerprint density at radius 3 is 2.71 bits per heavy atom. The number of rotatable bonds is 4. The van der Waals surface area contributed by atoms with Crippen LogP contribution in [0.4, 0.5) is 4.79 Å². The van der Waals surface area contributed by atoms with Crippen molar-refractivity contribution in [1.29, 1.82) is 0 Å². The van der Waals surface area contributed by atoms with E-state index < -0.39 is 35.5 Å². The summed E-state index contributed by atoms with van der Waals surface area (Å²) < 4.78 is 15.6. The molecule has 7 nitrogen and oxygen atoms in total. The third-order valence-electron chi connectivity index (χ3n) is 3.36. The van der Waals surface area contributed by atoms with Crippen LogP contribution in [0, 0.1) is 0 Å². The lowest BCUT2D eigenvalue weighted by Gasteiger charge is -2.30. The molecule has 7 heteroatoms. The minimum Gasteiger partial charge on any atom is -0.467 e. The molecular formula is C17H21NO6. The first-order valence-corrected chi connectivity index (χ1v) is 7.59. The van der Waals surface area contributed by atoms with Crippen molar-refractivity contribution >= 4 is 17.8 Å². The Bertz CT molecular complexity index is 628. The number of amides is 1. The number of ketones is 1. The van der Waals surface area contributed by atoms with E-state index in [2.05, 4.69) is 6.58 Å². The number of hydrogen-bond acceptors (Lipinski definition) is 6. The van der Waals surface area contributed by atoms with Crippen LogP contribution in [0.2, 0.25) is 0 Å². The molecule has 2 rings (SSSR count). The Morgan fingerprint density at radius 1 is 1.46 bits per heavy atom. The zero-order valence-corrected chi connectivity index (χ0v) is 14.0. The lowest BCUT2D eigenvalue weighted by molar-refractivity contribution is -0.150. The standard InChI is InChI=1S/C17H21NO6/c1-5-8-23-15(20)14-12(19)10-11(13-7-6-9-22-13)18(14)16(21)24-17(2,3)4/h5-7,9,11,14H,1,8,10H2,2-4H3/t11-,14?/m1/s1. The average molecular weight is 335 g/mol. The lowest BCUT2D eigenvalue weighted by atomic mass is 10.1. The maximum absolute atomic E-state index is 12.6. The van der Waals surface area contributed by atoms with Gasteiger partial charge < -0.3 is 13.9 Å². The molecule has 0 N–H and O–H groups in total. The number of Topliss-reactive ketones (excluding diaryl/α,β-unsaturated/α-hetero) is 1. The number of carbonyl (C=O) groups excluding carboxylic acids is 3. The van der Waals surface area contributed by atoms with E-state index in [4.69, 9.17) is 13.9 Å². The molecule has 2 heterocycles. The van der Waals surface area contributed by atoms with E-state index in [1.54, 1.807) is 32.9 Å². The molecule has 0 bridgehead atoms. The van der Waals surface area contributed by atoms with Crippen molar-refractivity contribution in [2.45, 2.75) is 44.9 Å². The van der Waals surface area contributed by atoms with E-state index in [1.165, 1.54) is 12.3 Å².